The molecule has 0 aliphatic rings. The van der Waals surface area contributed by atoms with Gasteiger partial charge in [0.05, 0.1) is 17.6 Å². The van der Waals surface area contributed by atoms with Crippen molar-refractivity contribution in [2.24, 2.45) is 0 Å². The lowest BCUT2D eigenvalue weighted by molar-refractivity contribution is -0.121. The zero-order valence-electron chi connectivity index (χ0n) is 15.4. The van der Waals surface area contributed by atoms with E-state index in [1.165, 1.54) is 0 Å². The van der Waals surface area contributed by atoms with E-state index in [-0.39, 0.29) is 24.4 Å². The Hall–Kier alpha value is -4.00. The van der Waals surface area contributed by atoms with Crippen LogP contribution in [0.15, 0.2) is 77.7 Å². The number of para-hydroxylation sites is 2. The Morgan fingerprint density at radius 3 is 2.24 bits per heavy atom. The minimum atomic E-state index is -0.170. The molecule has 142 valence electrons. The van der Waals surface area contributed by atoms with Gasteiger partial charge >= 0.3 is 0 Å². The Morgan fingerprint density at radius 1 is 0.862 bits per heavy atom. The van der Waals surface area contributed by atoms with E-state index in [4.69, 9.17) is 0 Å². The van der Waals surface area contributed by atoms with Gasteiger partial charge in [-0.3, -0.25) is 14.0 Å². The second-order valence-electron chi connectivity index (χ2n) is 6.77. The van der Waals surface area contributed by atoms with Gasteiger partial charge in [0.2, 0.25) is 5.91 Å². The van der Waals surface area contributed by atoms with Crippen molar-refractivity contribution in [1.82, 2.24) is 24.5 Å². The van der Waals surface area contributed by atoms with E-state index >= 15 is 0 Å². The first-order valence-corrected chi connectivity index (χ1v) is 9.28. The van der Waals surface area contributed by atoms with Gasteiger partial charge < -0.3 is 9.88 Å². The van der Waals surface area contributed by atoms with Crippen LogP contribution in [-0.4, -0.2) is 25.1 Å². The molecule has 0 aliphatic carbocycles. The maximum atomic E-state index is 12.8. The highest BCUT2D eigenvalue weighted by Gasteiger charge is 2.13. The average Bonchev–Trinajstić information content (AvgIpc) is 3.18. The molecule has 29 heavy (non-hydrogen) atoms. The van der Waals surface area contributed by atoms with Crippen molar-refractivity contribution in [2.45, 2.75) is 13.1 Å². The number of nitrogens with one attached hydrogen (secondary N) is 1. The smallest absolute Gasteiger partial charge is 0.240 e. The van der Waals surface area contributed by atoms with Crippen molar-refractivity contribution in [3.63, 3.8) is 0 Å². The highest BCUT2D eigenvalue weighted by Crippen LogP contribution is 2.19. The summed E-state index contributed by atoms with van der Waals surface area (Å²) in [6, 6.07) is 20.3. The number of pyridine rings is 2. The zero-order valence-corrected chi connectivity index (χ0v) is 15.4. The molecule has 0 atom stereocenters. The molecular weight excluding hydrogens is 366 g/mol. The number of hydrogen-bond donors (Lipinski definition) is 1. The van der Waals surface area contributed by atoms with Crippen molar-refractivity contribution in [3.8, 4) is 0 Å². The number of aromatic nitrogens is 4. The van der Waals surface area contributed by atoms with Crippen LogP contribution in [0.1, 0.15) is 5.82 Å². The molecule has 0 unspecified atom stereocenters. The molecule has 5 rings (SSSR count). The lowest BCUT2D eigenvalue weighted by atomic mass is 10.1. The molecule has 1 amide bonds. The van der Waals surface area contributed by atoms with Crippen LogP contribution < -0.4 is 10.7 Å². The molecule has 3 aromatic heterocycles. The zero-order chi connectivity index (χ0) is 19.8. The van der Waals surface area contributed by atoms with E-state index in [1.54, 1.807) is 12.1 Å². The fraction of sp³-hybridized carbons (Fsp3) is 0.0909. The third-order valence-corrected chi connectivity index (χ3v) is 5.01. The fourth-order valence-corrected chi connectivity index (χ4v) is 3.64. The fourth-order valence-electron chi connectivity index (χ4n) is 3.64. The van der Waals surface area contributed by atoms with Gasteiger partial charge in [0, 0.05) is 17.0 Å². The van der Waals surface area contributed by atoms with E-state index < -0.39 is 0 Å². The second-order valence-corrected chi connectivity index (χ2v) is 6.77. The summed E-state index contributed by atoms with van der Waals surface area (Å²) in [5.41, 5.74) is 2.18. The molecule has 0 radical (unpaired) electrons. The molecule has 0 aliphatic heterocycles. The predicted octanol–water partition coefficient (Wildman–Crippen LogP) is 2.51. The Balaban J connectivity index is 1.48. The Morgan fingerprint density at radius 2 is 1.52 bits per heavy atom. The SMILES string of the molecule is O=C(Cn1c2ccccc2c(=O)c2ccccc21)NCc1nnc2ccccn12. The lowest BCUT2D eigenvalue weighted by Gasteiger charge is -2.15. The van der Waals surface area contributed by atoms with Gasteiger partial charge in [-0.2, -0.15) is 0 Å². The minimum Gasteiger partial charge on any atom is -0.347 e. The van der Waals surface area contributed by atoms with Crippen LogP contribution in [0.25, 0.3) is 27.5 Å². The summed E-state index contributed by atoms with van der Waals surface area (Å²) < 4.78 is 3.72. The molecule has 7 nitrogen and oxygen atoms in total. The lowest BCUT2D eigenvalue weighted by Crippen LogP contribution is -2.29. The standard InChI is InChI=1S/C22H17N5O2/c28-21(23-13-20-25-24-19-11-5-6-12-26(19)20)14-27-17-9-3-1-7-15(17)22(29)16-8-2-4-10-18(16)27/h1-12H,13-14H2,(H,23,28). The Labute approximate surface area is 165 Å². The predicted molar refractivity (Wildman–Crippen MR) is 111 cm³/mol. The highest BCUT2D eigenvalue weighted by atomic mass is 16.2. The molecule has 3 heterocycles. The van der Waals surface area contributed by atoms with E-state index in [1.807, 2.05) is 69.8 Å². The first kappa shape index (κ1) is 17.1. The third-order valence-electron chi connectivity index (χ3n) is 5.01. The molecule has 0 spiro atoms. The first-order chi connectivity index (χ1) is 14.2. The van der Waals surface area contributed by atoms with Crippen LogP contribution in [0.4, 0.5) is 0 Å². The van der Waals surface area contributed by atoms with Gasteiger partial charge in [-0.25, -0.2) is 0 Å². The Bertz CT molecular complexity index is 1370. The van der Waals surface area contributed by atoms with Crippen molar-refractivity contribution in [2.75, 3.05) is 0 Å². The number of amides is 1. The summed E-state index contributed by atoms with van der Waals surface area (Å²) in [5, 5.41) is 12.3. The summed E-state index contributed by atoms with van der Waals surface area (Å²) in [7, 11) is 0. The molecular formula is C22H17N5O2. The summed E-state index contributed by atoms with van der Waals surface area (Å²) >= 11 is 0. The van der Waals surface area contributed by atoms with Crippen molar-refractivity contribution >= 4 is 33.4 Å². The van der Waals surface area contributed by atoms with Gasteiger partial charge in [0.15, 0.2) is 16.9 Å². The van der Waals surface area contributed by atoms with Crippen LogP contribution in [0.2, 0.25) is 0 Å². The number of fused-ring (bicyclic) bond motifs is 3. The van der Waals surface area contributed by atoms with Crippen LogP contribution in [0.5, 0.6) is 0 Å². The number of carbonyl (C=O) groups is 1. The van der Waals surface area contributed by atoms with Gasteiger partial charge in [0.25, 0.3) is 0 Å². The third kappa shape index (κ3) is 2.93. The topological polar surface area (TPSA) is 81.3 Å². The maximum Gasteiger partial charge on any atom is 0.240 e. The number of hydrogen-bond acceptors (Lipinski definition) is 4. The number of nitrogens with zero attached hydrogens (tertiary/aromatic N) is 4. The first-order valence-electron chi connectivity index (χ1n) is 9.28. The van der Waals surface area contributed by atoms with Crippen LogP contribution in [-0.2, 0) is 17.9 Å². The van der Waals surface area contributed by atoms with Crippen LogP contribution >= 0.6 is 0 Å². The monoisotopic (exact) mass is 383 g/mol. The van der Waals surface area contributed by atoms with Crippen molar-refractivity contribution < 1.29 is 4.79 Å². The largest absolute Gasteiger partial charge is 0.347 e. The molecule has 1 N–H and O–H groups in total. The van der Waals surface area contributed by atoms with E-state index in [0.717, 1.165) is 16.7 Å². The molecule has 5 aromatic rings. The molecule has 0 bridgehead atoms. The van der Waals surface area contributed by atoms with E-state index in [0.29, 0.717) is 16.6 Å². The molecule has 0 saturated heterocycles. The quantitative estimate of drug-likeness (QED) is 0.484. The molecule has 0 saturated carbocycles. The van der Waals surface area contributed by atoms with Crippen molar-refractivity contribution in [3.05, 3.63) is 89.0 Å². The second kappa shape index (κ2) is 6.87. The van der Waals surface area contributed by atoms with Gasteiger partial charge in [-0.15, -0.1) is 10.2 Å². The van der Waals surface area contributed by atoms with Gasteiger partial charge in [-0.05, 0) is 36.4 Å². The van der Waals surface area contributed by atoms with Crippen LogP contribution in [0, 0.1) is 0 Å². The summed E-state index contributed by atoms with van der Waals surface area (Å²) in [5.74, 6) is 0.486. The summed E-state index contributed by atoms with van der Waals surface area (Å²) in [6.07, 6.45) is 1.86. The molecule has 0 fully saturated rings. The summed E-state index contributed by atoms with van der Waals surface area (Å²) in [4.78, 5) is 25.5. The summed E-state index contributed by atoms with van der Waals surface area (Å²) in [6.45, 7) is 0.359. The number of carbonyl (C=O) groups excluding carboxylic acids is 1. The van der Waals surface area contributed by atoms with Crippen LogP contribution in [0.3, 0.4) is 0 Å². The highest BCUT2D eigenvalue weighted by molar-refractivity contribution is 5.94. The maximum absolute atomic E-state index is 12.8. The van der Waals surface area contributed by atoms with Gasteiger partial charge in [-0.1, -0.05) is 30.3 Å². The normalized spacial score (nSPS) is 11.3. The number of benzene rings is 2. The average molecular weight is 383 g/mol. The molecule has 7 heteroatoms. The van der Waals surface area contributed by atoms with E-state index in [9.17, 15) is 9.59 Å². The van der Waals surface area contributed by atoms with E-state index in [2.05, 4.69) is 15.5 Å². The van der Waals surface area contributed by atoms with Gasteiger partial charge in [0.1, 0.15) is 6.54 Å². The minimum absolute atomic E-state index is 0.0252. The Kier molecular flexibility index (Phi) is 4.05. The number of rotatable bonds is 4. The van der Waals surface area contributed by atoms with Crippen molar-refractivity contribution in [1.29, 1.82) is 0 Å². The molecule has 2 aromatic carbocycles.